The summed E-state index contributed by atoms with van der Waals surface area (Å²) in [6.07, 6.45) is 2.12. The summed E-state index contributed by atoms with van der Waals surface area (Å²) in [6, 6.07) is 9.91. The van der Waals surface area contributed by atoms with Crippen LogP contribution in [-0.2, 0) is 6.42 Å². The van der Waals surface area contributed by atoms with Crippen molar-refractivity contribution >= 4 is 39.0 Å². The van der Waals surface area contributed by atoms with Crippen molar-refractivity contribution in [3.05, 3.63) is 86.1 Å². The third-order valence-corrected chi connectivity index (χ3v) is 5.85. The van der Waals surface area contributed by atoms with Gasteiger partial charge in [-0.3, -0.25) is 19.8 Å². The van der Waals surface area contributed by atoms with Crippen LogP contribution in [0.4, 0.5) is 21.7 Å². The van der Waals surface area contributed by atoms with E-state index in [0.717, 1.165) is 22.2 Å². The molecule has 9 nitrogen and oxygen atoms in total. The van der Waals surface area contributed by atoms with E-state index in [0.29, 0.717) is 41.2 Å². The third-order valence-electron chi connectivity index (χ3n) is 5.85. The molecular weight excluding hydrogens is 437 g/mol. The Morgan fingerprint density at radius 1 is 0.941 bits per heavy atom. The number of rotatable bonds is 6. The predicted octanol–water partition coefficient (Wildman–Crippen LogP) is 3.64. The van der Waals surface area contributed by atoms with Crippen LogP contribution in [-0.4, -0.2) is 31.7 Å². The topological polar surface area (TPSA) is 131 Å². The Balaban J connectivity index is 1.32. The van der Waals surface area contributed by atoms with Crippen LogP contribution in [0.15, 0.2) is 52.3 Å². The Morgan fingerprint density at radius 3 is 2.53 bits per heavy atom. The number of hydrogen-bond donors (Lipinski definition) is 5. The van der Waals surface area contributed by atoms with Crippen LogP contribution in [0.1, 0.15) is 16.8 Å². The van der Waals surface area contributed by atoms with Crippen molar-refractivity contribution < 1.29 is 4.39 Å². The molecule has 10 heteroatoms. The van der Waals surface area contributed by atoms with E-state index in [1.54, 1.807) is 30.3 Å². The van der Waals surface area contributed by atoms with Crippen LogP contribution in [0.5, 0.6) is 0 Å². The highest BCUT2D eigenvalue weighted by Gasteiger charge is 2.14. The molecule has 0 spiro atoms. The van der Waals surface area contributed by atoms with E-state index in [4.69, 9.17) is 0 Å². The molecule has 0 saturated heterocycles. The first-order valence-electron chi connectivity index (χ1n) is 10.7. The van der Waals surface area contributed by atoms with Gasteiger partial charge in [0.2, 0.25) is 0 Å². The minimum absolute atomic E-state index is 0.255. The molecule has 3 aromatic heterocycles. The molecule has 2 aromatic carbocycles. The number of hydrogen-bond acceptors (Lipinski definition) is 6. The van der Waals surface area contributed by atoms with E-state index >= 15 is 0 Å². The molecule has 0 amide bonds. The van der Waals surface area contributed by atoms with Crippen LogP contribution >= 0.6 is 0 Å². The van der Waals surface area contributed by atoms with Crippen molar-refractivity contribution in [1.29, 1.82) is 0 Å². The summed E-state index contributed by atoms with van der Waals surface area (Å²) in [5.41, 5.74) is 3.45. The summed E-state index contributed by atoms with van der Waals surface area (Å²) < 4.78 is 14.2. The summed E-state index contributed by atoms with van der Waals surface area (Å²) in [5, 5.41) is 12.6. The predicted molar refractivity (Wildman–Crippen MR) is 130 cm³/mol. The van der Waals surface area contributed by atoms with E-state index in [-0.39, 0.29) is 22.3 Å². The summed E-state index contributed by atoms with van der Waals surface area (Å²) in [5.74, 6) is 0.891. The normalized spacial score (nSPS) is 11.3. The average Bonchev–Trinajstić information content (AvgIpc) is 3.16. The summed E-state index contributed by atoms with van der Waals surface area (Å²) in [7, 11) is 0. The highest BCUT2D eigenvalue weighted by molar-refractivity contribution is 5.88. The van der Waals surface area contributed by atoms with Crippen LogP contribution < -0.4 is 21.8 Å². The molecule has 0 aliphatic rings. The fourth-order valence-electron chi connectivity index (χ4n) is 4.20. The molecule has 5 rings (SSSR count). The fraction of sp³-hybridized carbons (Fsp3) is 0.167. The molecule has 0 radical (unpaired) electrons. The second-order valence-corrected chi connectivity index (χ2v) is 8.10. The van der Waals surface area contributed by atoms with Crippen LogP contribution in [0.3, 0.4) is 0 Å². The van der Waals surface area contributed by atoms with Crippen molar-refractivity contribution in [1.82, 2.24) is 25.1 Å². The lowest BCUT2D eigenvalue weighted by molar-refractivity contribution is 0.637. The number of nitrogens with one attached hydrogen (secondary N) is 5. The third kappa shape index (κ3) is 3.90. The summed E-state index contributed by atoms with van der Waals surface area (Å²) in [6.45, 7) is 4.52. The standard InChI is InChI=1S/C24H22FN7O2/c1-12-3-6-18(25)22-21(12)15(13(2)29-22)7-8-26-19-10-20(28-11-27-19)30-14-4-5-16-17(9-14)24(34)32-31-23(16)33/h3-6,9-11,29H,7-8H2,1-2H3,(H,31,33)(H,32,34)(H2,26,27,28,30). The summed E-state index contributed by atoms with van der Waals surface area (Å²) in [4.78, 5) is 35.5. The van der Waals surface area contributed by atoms with E-state index in [1.165, 1.54) is 12.4 Å². The SMILES string of the molecule is Cc1[nH]c2c(F)ccc(C)c2c1CCNc1cc(Nc2ccc3c(=O)[nH][nH]c(=O)c3c2)ncn1. The van der Waals surface area contributed by atoms with E-state index < -0.39 is 0 Å². The largest absolute Gasteiger partial charge is 0.370 e. The number of fused-ring (bicyclic) bond motifs is 2. The number of benzene rings is 2. The monoisotopic (exact) mass is 459 g/mol. The molecule has 0 atom stereocenters. The van der Waals surface area contributed by atoms with Crippen molar-refractivity contribution in [2.75, 3.05) is 17.2 Å². The highest BCUT2D eigenvalue weighted by atomic mass is 19.1. The Morgan fingerprint density at radius 2 is 1.71 bits per heavy atom. The number of halogens is 1. The van der Waals surface area contributed by atoms with Crippen molar-refractivity contribution in [3.63, 3.8) is 0 Å². The molecule has 0 unspecified atom stereocenters. The average molecular weight is 459 g/mol. The molecule has 0 aliphatic carbocycles. The number of nitrogens with zero attached hydrogens (tertiary/aromatic N) is 2. The number of aromatic nitrogens is 5. The minimum Gasteiger partial charge on any atom is -0.370 e. The van der Waals surface area contributed by atoms with Gasteiger partial charge in [-0.25, -0.2) is 14.4 Å². The van der Waals surface area contributed by atoms with Gasteiger partial charge >= 0.3 is 0 Å². The quantitative estimate of drug-likeness (QED) is 0.263. The van der Waals surface area contributed by atoms with Gasteiger partial charge in [-0.05, 0) is 55.7 Å². The molecule has 172 valence electrons. The number of anilines is 3. The van der Waals surface area contributed by atoms with Crippen LogP contribution in [0.25, 0.3) is 21.7 Å². The second kappa shape index (κ2) is 8.47. The van der Waals surface area contributed by atoms with Gasteiger partial charge in [-0.2, -0.15) is 0 Å². The Hall–Kier alpha value is -4.47. The van der Waals surface area contributed by atoms with E-state index in [1.807, 2.05) is 13.8 Å². The van der Waals surface area contributed by atoms with Gasteiger partial charge in [0.1, 0.15) is 23.8 Å². The maximum Gasteiger partial charge on any atom is 0.270 e. The zero-order valence-electron chi connectivity index (χ0n) is 18.5. The lowest BCUT2D eigenvalue weighted by Crippen LogP contribution is -2.18. The smallest absolute Gasteiger partial charge is 0.270 e. The zero-order valence-corrected chi connectivity index (χ0v) is 18.5. The molecular formula is C24H22FN7O2. The van der Waals surface area contributed by atoms with Crippen LogP contribution in [0.2, 0.25) is 0 Å². The molecule has 0 saturated carbocycles. The van der Waals surface area contributed by atoms with Crippen molar-refractivity contribution in [3.8, 4) is 0 Å². The van der Waals surface area contributed by atoms with Gasteiger partial charge in [-0.1, -0.05) is 6.07 Å². The first-order valence-corrected chi connectivity index (χ1v) is 10.7. The van der Waals surface area contributed by atoms with Crippen LogP contribution in [0, 0.1) is 19.7 Å². The number of H-pyrrole nitrogens is 3. The van der Waals surface area contributed by atoms with E-state index in [2.05, 4.69) is 35.8 Å². The van der Waals surface area contributed by atoms with Gasteiger partial charge in [0.15, 0.2) is 0 Å². The van der Waals surface area contributed by atoms with Gasteiger partial charge in [0.05, 0.1) is 16.3 Å². The first-order chi connectivity index (χ1) is 16.4. The van der Waals surface area contributed by atoms with Crippen molar-refractivity contribution in [2.24, 2.45) is 0 Å². The van der Waals surface area contributed by atoms with Gasteiger partial charge in [-0.15, -0.1) is 0 Å². The molecule has 5 N–H and O–H groups in total. The highest BCUT2D eigenvalue weighted by Crippen LogP contribution is 2.28. The van der Waals surface area contributed by atoms with Gasteiger partial charge < -0.3 is 15.6 Å². The minimum atomic E-state index is -0.383. The number of aryl methyl sites for hydroxylation is 2. The maximum absolute atomic E-state index is 14.2. The maximum atomic E-state index is 14.2. The van der Waals surface area contributed by atoms with Crippen molar-refractivity contribution in [2.45, 2.75) is 20.3 Å². The van der Waals surface area contributed by atoms with Gasteiger partial charge in [0.25, 0.3) is 11.1 Å². The molecule has 0 aliphatic heterocycles. The molecule has 0 fully saturated rings. The Labute approximate surface area is 192 Å². The first kappa shape index (κ1) is 21.4. The lowest BCUT2D eigenvalue weighted by Gasteiger charge is -2.10. The zero-order chi connectivity index (χ0) is 23.8. The number of aromatic amines is 3. The Bertz CT molecular complexity index is 1650. The second-order valence-electron chi connectivity index (χ2n) is 8.10. The molecule has 34 heavy (non-hydrogen) atoms. The van der Waals surface area contributed by atoms with Gasteiger partial charge in [0, 0.05) is 29.4 Å². The fourth-order valence-corrected chi connectivity index (χ4v) is 4.20. The van der Waals surface area contributed by atoms with E-state index in [9.17, 15) is 14.0 Å². The molecule has 0 bridgehead atoms. The summed E-state index contributed by atoms with van der Waals surface area (Å²) >= 11 is 0. The lowest BCUT2D eigenvalue weighted by atomic mass is 10.0. The molecule has 3 heterocycles. The Kier molecular flexibility index (Phi) is 5.33. The molecule has 5 aromatic rings.